The fourth-order valence-corrected chi connectivity index (χ4v) is 3.22. The number of amides is 1. The van der Waals surface area contributed by atoms with E-state index in [1.165, 1.54) is 18.2 Å². The van der Waals surface area contributed by atoms with Crippen LogP contribution in [-0.4, -0.2) is 17.2 Å². The molecule has 0 fully saturated rings. The Morgan fingerprint density at radius 3 is 2.46 bits per heavy atom. The molecule has 0 unspecified atom stereocenters. The molecule has 0 saturated heterocycles. The van der Waals surface area contributed by atoms with E-state index < -0.39 is 11.4 Å². The fraction of sp³-hybridized carbons (Fsp3) is 0.300. The van der Waals surface area contributed by atoms with Gasteiger partial charge in [-0.3, -0.25) is 9.59 Å². The Morgan fingerprint density at radius 2 is 1.83 bits per heavy atom. The third kappa shape index (κ3) is 2.73. The summed E-state index contributed by atoms with van der Waals surface area (Å²) in [5.74, 6) is -0.788. The van der Waals surface area contributed by atoms with Gasteiger partial charge in [0, 0.05) is 23.1 Å². The summed E-state index contributed by atoms with van der Waals surface area (Å²) in [6, 6.07) is 11.5. The average Bonchev–Trinajstić information content (AvgIpc) is 2.54. The average molecular weight is 325 g/mol. The minimum atomic E-state index is -0.664. The van der Waals surface area contributed by atoms with Gasteiger partial charge < -0.3 is 4.90 Å². The zero-order valence-electron chi connectivity index (χ0n) is 14.1. The van der Waals surface area contributed by atoms with Crippen molar-refractivity contribution in [3.63, 3.8) is 0 Å². The Hall–Kier alpha value is -2.49. The maximum Gasteiger partial charge on any atom is 0.258 e. The van der Waals surface area contributed by atoms with E-state index in [0.717, 1.165) is 12.0 Å². The highest BCUT2D eigenvalue weighted by Gasteiger charge is 2.41. The van der Waals surface area contributed by atoms with Gasteiger partial charge in [-0.15, -0.1) is 0 Å². The molecule has 0 spiro atoms. The molecule has 124 valence electrons. The summed E-state index contributed by atoms with van der Waals surface area (Å²) in [7, 11) is 0. The highest BCUT2D eigenvalue weighted by molar-refractivity contribution is 6.14. The number of aryl methyl sites for hydroxylation is 1. The van der Waals surface area contributed by atoms with Gasteiger partial charge in [-0.05, 0) is 56.2 Å². The van der Waals surface area contributed by atoms with Crippen LogP contribution in [0.2, 0.25) is 0 Å². The molecule has 2 aromatic carbocycles. The number of rotatable bonds is 2. The molecule has 24 heavy (non-hydrogen) atoms. The molecule has 2 aromatic rings. The summed E-state index contributed by atoms with van der Waals surface area (Å²) in [4.78, 5) is 27.0. The number of hydrogen-bond acceptors (Lipinski definition) is 2. The predicted octanol–water partition coefficient (Wildman–Crippen LogP) is 4.40. The first-order valence-corrected chi connectivity index (χ1v) is 8.10. The number of carbonyl (C=O) groups is 2. The van der Waals surface area contributed by atoms with Crippen LogP contribution < -0.4 is 4.90 Å². The number of hydrogen-bond donors (Lipinski definition) is 0. The van der Waals surface area contributed by atoms with E-state index in [1.54, 1.807) is 17.0 Å². The molecule has 1 aliphatic heterocycles. The van der Waals surface area contributed by atoms with Crippen LogP contribution in [0.15, 0.2) is 42.5 Å². The summed E-state index contributed by atoms with van der Waals surface area (Å²) < 4.78 is 13.5. The smallest absolute Gasteiger partial charge is 0.258 e. The van der Waals surface area contributed by atoms with Crippen molar-refractivity contribution in [3.8, 4) is 0 Å². The van der Waals surface area contributed by atoms with E-state index in [0.29, 0.717) is 11.3 Å². The van der Waals surface area contributed by atoms with Crippen molar-refractivity contribution in [2.45, 2.75) is 39.2 Å². The molecule has 1 amide bonds. The lowest BCUT2D eigenvalue weighted by Gasteiger charge is -2.42. The predicted molar refractivity (Wildman–Crippen MR) is 92.1 cm³/mol. The first-order valence-electron chi connectivity index (χ1n) is 8.10. The topological polar surface area (TPSA) is 37.4 Å². The van der Waals surface area contributed by atoms with Gasteiger partial charge in [-0.2, -0.15) is 0 Å². The minimum absolute atomic E-state index is 0.139. The molecule has 0 saturated carbocycles. The van der Waals surface area contributed by atoms with Crippen molar-refractivity contribution in [1.82, 2.24) is 0 Å². The summed E-state index contributed by atoms with van der Waals surface area (Å²) in [5.41, 5.74) is 1.80. The normalized spacial score (nSPS) is 16.0. The van der Waals surface area contributed by atoms with Gasteiger partial charge in [0.2, 0.25) is 0 Å². The molecular formula is C20H20FNO2. The minimum Gasteiger partial charge on any atom is -0.302 e. The van der Waals surface area contributed by atoms with Crippen LogP contribution in [0.4, 0.5) is 10.1 Å². The Labute approximate surface area is 141 Å². The second-order valence-corrected chi connectivity index (χ2v) is 6.76. The monoisotopic (exact) mass is 325 g/mol. The molecular weight excluding hydrogens is 305 g/mol. The maximum absolute atomic E-state index is 13.5. The summed E-state index contributed by atoms with van der Waals surface area (Å²) in [6.45, 7) is 5.77. The number of ketones is 1. The molecule has 3 rings (SSSR count). The number of benzene rings is 2. The van der Waals surface area contributed by atoms with Crippen molar-refractivity contribution in [3.05, 3.63) is 65.0 Å². The van der Waals surface area contributed by atoms with Crippen LogP contribution in [0.5, 0.6) is 0 Å². The second kappa shape index (κ2) is 5.86. The van der Waals surface area contributed by atoms with Crippen LogP contribution in [0.25, 0.3) is 0 Å². The maximum atomic E-state index is 13.5. The molecule has 0 atom stereocenters. The Kier molecular flexibility index (Phi) is 3.99. The van der Waals surface area contributed by atoms with Gasteiger partial charge in [0.15, 0.2) is 5.78 Å². The molecule has 4 heteroatoms. The van der Waals surface area contributed by atoms with Crippen LogP contribution in [0, 0.1) is 5.82 Å². The number of carbonyl (C=O) groups excluding carboxylic acids is 2. The highest BCUT2D eigenvalue weighted by Crippen LogP contribution is 2.38. The lowest BCUT2D eigenvalue weighted by atomic mass is 9.85. The van der Waals surface area contributed by atoms with E-state index in [4.69, 9.17) is 0 Å². The SMILES string of the molecule is CCc1ccc(C(=O)N2c3ccc(F)cc3C(=O)CC2(C)C)cc1. The third-order valence-corrected chi connectivity index (χ3v) is 4.51. The molecule has 1 aliphatic rings. The zero-order chi connectivity index (χ0) is 17.5. The first kappa shape index (κ1) is 16.4. The molecule has 1 heterocycles. The van der Waals surface area contributed by atoms with Crippen LogP contribution >= 0.6 is 0 Å². The molecule has 0 N–H and O–H groups in total. The van der Waals surface area contributed by atoms with Gasteiger partial charge in [0.25, 0.3) is 5.91 Å². The molecule has 0 bridgehead atoms. The van der Waals surface area contributed by atoms with E-state index in [9.17, 15) is 14.0 Å². The summed E-state index contributed by atoms with van der Waals surface area (Å²) >= 11 is 0. The van der Waals surface area contributed by atoms with Gasteiger partial charge in [-0.25, -0.2) is 4.39 Å². The summed E-state index contributed by atoms with van der Waals surface area (Å²) in [5, 5.41) is 0. The Bertz CT molecular complexity index is 809. The first-order chi connectivity index (χ1) is 11.3. The van der Waals surface area contributed by atoms with Crippen molar-refractivity contribution in [2.75, 3.05) is 4.90 Å². The van der Waals surface area contributed by atoms with Crippen LogP contribution in [-0.2, 0) is 6.42 Å². The van der Waals surface area contributed by atoms with Crippen LogP contribution in [0.3, 0.4) is 0 Å². The quantitative estimate of drug-likeness (QED) is 0.820. The van der Waals surface area contributed by atoms with E-state index in [-0.39, 0.29) is 23.7 Å². The molecule has 0 radical (unpaired) electrons. The van der Waals surface area contributed by atoms with Gasteiger partial charge in [0.1, 0.15) is 5.82 Å². The number of anilines is 1. The molecule has 0 aliphatic carbocycles. The fourth-order valence-electron chi connectivity index (χ4n) is 3.22. The number of fused-ring (bicyclic) bond motifs is 1. The summed E-state index contributed by atoms with van der Waals surface area (Å²) in [6.07, 6.45) is 1.07. The Morgan fingerprint density at radius 1 is 1.17 bits per heavy atom. The largest absolute Gasteiger partial charge is 0.302 e. The standard InChI is InChI=1S/C20H20FNO2/c1-4-13-5-7-14(8-6-13)19(24)22-17-10-9-15(21)11-16(17)18(23)12-20(22,2)3/h5-11H,4,12H2,1-3H3. The number of Topliss-reactive ketones (excluding diaryl/α,β-unsaturated/α-hetero) is 1. The zero-order valence-corrected chi connectivity index (χ0v) is 14.1. The van der Waals surface area contributed by atoms with Crippen molar-refractivity contribution in [2.24, 2.45) is 0 Å². The lowest BCUT2D eigenvalue weighted by Crippen LogP contribution is -2.52. The van der Waals surface area contributed by atoms with Crippen molar-refractivity contribution in [1.29, 1.82) is 0 Å². The van der Waals surface area contributed by atoms with Gasteiger partial charge >= 0.3 is 0 Å². The number of halogens is 1. The lowest BCUT2D eigenvalue weighted by molar-refractivity contribution is 0.0902. The number of nitrogens with zero attached hydrogens (tertiary/aromatic N) is 1. The molecule has 3 nitrogen and oxygen atoms in total. The Balaban J connectivity index is 2.08. The van der Waals surface area contributed by atoms with Crippen molar-refractivity contribution < 1.29 is 14.0 Å². The highest BCUT2D eigenvalue weighted by atomic mass is 19.1. The van der Waals surface area contributed by atoms with Crippen molar-refractivity contribution >= 4 is 17.4 Å². The van der Waals surface area contributed by atoms with E-state index in [2.05, 4.69) is 6.92 Å². The van der Waals surface area contributed by atoms with Crippen LogP contribution in [0.1, 0.15) is 53.5 Å². The van der Waals surface area contributed by atoms with Gasteiger partial charge in [0.05, 0.1) is 5.69 Å². The van der Waals surface area contributed by atoms with E-state index in [1.807, 2.05) is 26.0 Å². The van der Waals surface area contributed by atoms with E-state index >= 15 is 0 Å². The van der Waals surface area contributed by atoms with Gasteiger partial charge in [-0.1, -0.05) is 19.1 Å². The third-order valence-electron chi connectivity index (χ3n) is 4.51. The molecule has 0 aromatic heterocycles. The second-order valence-electron chi connectivity index (χ2n) is 6.76.